The molecule has 2 saturated heterocycles. The summed E-state index contributed by atoms with van der Waals surface area (Å²) in [7, 11) is 1.75. The second-order valence-electron chi connectivity index (χ2n) is 5.47. The number of rotatable bonds is 3. The molecule has 0 radical (unpaired) electrons. The van der Waals surface area contributed by atoms with Crippen LogP contribution in [0.5, 0.6) is 5.75 Å². The van der Waals surface area contributed by atoms with Gasteiger partial charge in [-0.05, 0) is 31.4 Å². The van der Waals surface area contributed by atoms with Crippen molar-refractivity contribution in [1.29, 1.82) is 0 Å². The molecular weight excluding hydrogens is 224 g/mol. The van der Waals surface area contributed by atoms with E-state index in [1.54, 1.807) is 7.11 Å². The SMILES string of the molecule is COc1ccccc1CN1C[C@@H]2CCCN[C@@H]2C1. The molecule has 98 valence electrons. The highest BCUT2D eigenvalue weighted by Crippen LogP contribution is 2.27. The maximum Gasteiger partial charge on any atom is 0.123 e. The van der Waals surface area contributed by atoms with Gasteiger partial charge in [0.1, 0.15) is 5.75 Å². The minimum atomic E-state index is 0.716. The quantitative estimate of drug-likeness (QED) is 0.881. The van der Waals surface area contributed by atoms with Crippen molar-refractivity contribution in [3.63, 3.8) is 0 Å². The smallest absolute Gasteiger partial charge is 0.123 e. The topological polar surface area (TPSA) is 24.5 Å². The van der Waals surface area contributed by atoms with E-state index in [1.165, 1.54) is 38.0 Å². The summed E-state index contributed by atoms with van der Waals surface area (Å²) in [6, 6.07) is 9.08. The second kappa shape index (κ2) is 5.29. The highest BCUT2D eigenvalue weighted by molar-refractivity contribution is 5.33. The van der Waals surface area contributed by atoms with E-state index in [4.69, 9.17) is 4.74 Å². The number of para-hydroxylation sites is 1. The van der Waals surface area contributed by atoms with Crippen LogP contribution in [-0.4, -0.2) is 37.7 Å². The molecule has 3 rings (SSSR count). The first-order valence-electron chi connectivity index (χ1n) is 6.94. The van der Waals surface area contributed by atoms with E-state index in [1.807, 2.05) is 6.07 Å². The average Bonchev–Trinajstić information content (AvgIpc) is 2.81. The molecule has 0 aliphatic carbocycles. The summed E-state index contributed by atoms with van der Waals surface area (Å²) in [5, 5.41) is 3.65. The third-order valence-corrected chi connectivity index (χ3v) is 4.26. The Labute approximate surface area is 109 Å². The lowest BCUT2D eigenvalue weighted by molar-refractivity contribution is 0.305. The van der Waals surface area contributed by atoms with Crippen molar-refractivity contribution in [2.75, 3.05) is 26.7 Å². The lowest BCUT2D eigenvalue weighted by atomic mass is 9.94. The van der Waals surface area contributed by atoms with Gasteiger partial charge in [0.05, 0.1) is 7.11 Å². The predicted molar refractivity (Wildman–Crippen MR) is 72.8 cm³/mol. The summed E-state index contributed by atoms with van der Waals surface area (Å²) in [5.41, 5.74) is 1.30. The van der Waals surface area contributed by atoms with Crippen LogP contribution in [0.25, 0.3) is 0 Å². The molecule has 2 aliphatic heterocycles. The number of nitrogens with one attached hydrogen (secondary N) is 1. The van der Waals surface area contributed by atoms with Gasteiger partial charge < -0.3 is 10.1 Å². The minimum Gasteiger partial charge on any atom is -0.496 e. The molecule has 0 saturated carbocycles. The highest BCUT2D eigenvalue weighted by Gasteiger charge is 2.34. The zero-order chi connectivity index (χ0) is 12.4. The molecule has 0 bridgehead atoms. The van der Waals surface area contributed by atoms with E-state index >= 15 is 0 Å². The Morgan fingerprint density at radius 3 is 3.06 bits per heavy atom. The number of fused-ring (bicyclic) bond motifs is 1. The van der Waals surface area contributed by atoms with Gasteiger partial charge in [0.2, 0.25) is 0 Å². The fraction of sp³-hybridized carbons (Fsp3) is 0.600. The van der Waals surface area contributed by atoms with Gasteiger partial charge in [0.15, 0.2) is 0 Å². The number of ether oxygens (including phenoxy) is 1. The van der Waals surface area contributed by atoms with E-state index in [9.17, 15) is 0 Å². The Morgan fingerprint density at radius 1 is 1.33 bits per heavy atom. The molecule has 2 aliphatic rings. The average molecular weight is 246 g/mol. The Bertz CT molecular complexity index is 393. The van der Waals surface area contributed by atoms with Crippen molar-refractivity contribution < 1.29 is 4.74 Å². The second-order valence-corrected chi connectivity index (χ2v) is 5.47. The molecule has 1 aromatic carbocycles. The van der Waals surface area contributed by atoms with Crippen LogP contribution >= 0.6 is 0 Å². The Morgan fingerprint density at radius 2 is 2.22 bits per heavy atom. The fourth-order valence-corrected chi connectivity index (χ4v) is 3.34. The molecular formula is C15H22N2O. The fourth-order valence-electron chi connectivity index (χ4n) is 3.34. The maximum absolute atomic E-state index is 5.43. The standard InChI is InChI=1S/C15H22N2O/c1-18-15-7-3-2-5-13(15)10-17-9-12-6-4-8-16-14(12)11-17/h2-3,5,7,12,14,16H,4,6,8-11H2,1H3/t12-,14+/m0/s1. The van der Waals surface area contributed by atoms with Crippen molar-refractivity contribution in [2.24, 2.45) is 5.92 Å². The first-order valence-corrected chi connectivity index (χ1v) is 6.94. The van der Waals surface area contributed by atoms with Gasteiger partial charge in [-0.25, -0.2) is 0 Å². The van der Waals surface area contributed by atoms with Gasteiger partial charge in [-0.2, -0.15) is 0 Å². The molecule has 0 aromatic heterocycles. The van der Waals surface area contributed by atoms with Crippen LogP contribution in [-0.2, 0) is 6.54 Å². The van der Waals surface area contributed by atoms with Gasteiger partial charge in [0.25, 0.3) is 0 Å². The molecule has 2 atom stereocenters. The van der Waals surface area contributed by atoms with Crippen LogP contribution in [0.2, 0.25) is 0 Å². The summed E-state index contributed by atoms with van der Waals surface area (Å²) in [4.78, 5) is 2.56. The molecule has 0 spiro atoms. The number of methoxy groups -OCH3 is 1. The van der Waals surface area contributed by atoms with Crippen molar-refractivity contribution in [1.82, 2.24) is 10.2 Å². The first-order chi connectivity index (χ1) is 8.86. The minimum absolute atomic E-state index is 0.716. The molecule has 18 heavy (non-hydrogen) atoms. The van der Waals surface area contributed by atoms with Crippen LogP contribution in [0.3, 0.4) is 0 Å². The number of piperidine rings is 1. The number of likely N-dealkylation sites (tertiary alicyclic amines) is 1. The molecule has 1 aromatic rings. The lowest BCUT2D eigenvalue weighted by Crippen LogP contribution is -2.40. The van der Waals surface area contributed by atoms with Crippen LogP contribution in [0, 0.1) is 5.92 Å². The van der Waals surface area contributed by atoms with E-state index in [-0.39, 0.29) is 0 Å². The lowest BCUT2D eigenvalue weighted by Gasteiger charge is -2.24. The van der Waals surface area contributed by atoms with Gasteiger partial charge in [-0.15, -0.1) is 0 Å². The van der Waals surface area contributed by atoms with Gasteiger partial charge in [0, 0.05) is 31.2 Å². The molecule has 3 nitrogen and oxygen atoms in total. The van der Waals surface area contributed by atoms with Crippen LogP contribution in [0.1, 0.15) is 18.4 Å². The number of hydrogen-bond donors (Lipinski definition) is 1. The van der Waals surface area contributed by atoms with Crippen LogP contribution in [0.15, 0.2) is 24.3 Å². The number of hydrogen-bond acceptors (Lipinski definition) is 3. The summed E-state index contributed by atoms with van der Waals surface area (Å²) in [5.74, 6) is 1.87. The predicted octanol–water partition coefficient (Wildman–Crippen LogP) is 1.88. The van der Waals surface area contributed by atoms with E-state index in [2.05, 4.69) is 28.4 Å². The molecule has 0 amide bonds. The summed E-state index contributed by atoms with van der Waals surface area (Å²) in [6.07, 6.45) is 2.73. The number of benzene rings is 1. The summed E-state index contributed by atoms with van der Waals surface area (Å²) in [6.45, 7) is 4.63. The largest absolute Gasteiger partial charge is 0.496 e. The maximum atomic E-state index is 5.43. The van der Waals surface area contributed by atoms with E-state index in [0.29, 0.717) is 6.04 Å². The van der Waals surface area contributed by atoms with Crippen molar-refractivity contribution in [2.45, 2.75) is 25.4 Å². The molecule has 0 unspecified atom stereocenters. The molecule has 3 heteroatoms. The zero-order valence-corrected chi connectivity index (χ0v) is 11.1. The Hall–Kier alpha value is -1.06. The van der Waals surface area contributed by atoms with Gasteiger partial charge >= 0.3 is 0 Å². The first kappa shape index (κ1) is 12.0. The zero-order valence-electron chi connectivity index (χ0n) is 11.1. The Kier molecular flexibility index (Phi) is 3.52. The van der Waals surface area contributed by atoms with Crippen molar-refractivity contribution >= 4 is 0 Å². The van der Waals surface area contributed by atoms with Crippen molar-refractivity contribution in [3.8, 4) is 5.75 Å². The number of nitrogens with zero attached hydrogens (tertiary/aromatic N) is 1. The van der Waals surface area contributed by atoms with Crippen LogP contribution < -0.4 is 10.1 Å². The molecule has 2 heterocycles. The summed E-state index contributed by atoms with van der Waals surface area (Å²) >= 11 is 0. The normalized spacial score (nSPS) is 28.1. The van der Waals surface area contributed by atoms with Gasteiger partial charge in [-0.3, -0.25) is 4.90 Å². The highest BCUT2D eigenvalue weighted by atomic mass is 16.5. The van der Waals surface area contributed by atoms with Crippen molar-refractivity contribution in [3.05, 3.63) is 29.8 Å². The molecule has 1 N–H and O–H groups in total. The van der Waals surface area contributed by atoms with E-state index < -0.39 is 0 Å². The third kappa shape index (κ3) is 2.38. The van der Waals surface area contributed by atoms with Gasteiger partial charge in [-0.1, -0.05) is 18.2 Å². The Balaban J connectivity index is 1.66. The third-order valence-electron chi connectivity index (χ3n) is 4.26. The van der Waals surface area contributed by atoms with Crippen LogP contribution in [0.4, 0.5) is 0 Å². The molecule has 2 fully saturated rings. The van der Waals surface area contributed by atoms with E-state index in [0.717, 1.165) is 18.2 Å². The summed E-state index contributed by atoms with van der Waals surface area (Å²) < 4.78 is 5.43. The monoisotopic (exact) mass is 246 g/mol.